The summed E-state index contributed by atoms with van der Waals surface area (Å²) in [6.45, 7) is 5.48. The van der Waals surface area contributed by atoms with Crippen molar-refractivity contribution in [3.63, 3.8) is 0 Å². The first-order valence-corrected chi connectivity index (χ1v) is 5.67. The summed E-state index contributed by atoms with van der Waals surface area (Å²) in [5, 5.41) is 17.7. The van der Waals surface area contributed by atoms with Gasteiger partial charge in [0.05, 0.1) is 6.04 Å². The molecule has 0 radical (unpaired) electrons. The summed E-state index contributed by atoms with van der Waals surface area (Å²) in [7, 11) is 0. The van der Waals surface area contributed by atoms with Gasteiger partial charge in [-0.05, 0) is 19.3 Å². The maximum Gasteiger partial charge on any atom is 0.341 e. The average molecular weight is 254 g/mol. The highest BCUT2D eigenvalue weighted by atomic mass is 16.4. The van der Waals surface area contributed by atoms with E-state index in [1.54, 1.807) is 6.92 Å². The normalized spacial score (nSPS) is 12.5. The van der Waals surface area contributed by atoms with Crippen LogP contribution in [-0.2, 0) is 4.79 Å². The van der Waals surface area contributed by atoms with Crippen LogP contribution in [-0.4, -0.2) is 33.2 Å². The molecule has 0 aliphatic rings. The summed E-state index contributed by atoms with van der Waals surface area (Å²) < 4.78 is 0. The van der Waals surface area contributed by atoms with Crippen LogP contribution in [0.3, 0.4) is 0 Å². The molecule has 7 nitrogen and oxygen atoms in total. The lowest BCUT2D eigenvalue weighted by molar-refractivity contribution is -0.117. The van der Waals surface area contributed by atoms with Gasteiger partial charge in [0, 0.05) is 5.69 Å². The van der Waals surface area contributed by atoms with Crippen LogP contribution < -0.4 is 11.1 Å². The molecular formula is C11H18N4O3. The fraction of sp³-hybridized carbons (Fsp3) is 0.545. The zero-order chi connectivity index (χ0) is 13.9. The lowest BCUT2D eigenvalue weighted by atomic mass is 10.0. The first kappa shape index (κ1) is 14.2. The van der Waals surface area contributed by atoms with Crippen molar-refractivity contribution in [2.75, 3.05) is 5.32 Å². The van der Waals surface area contributed by atoms with Crippen molar-refractivity contribution in [3.05, 3.63) is 11.3 Å². The second-order valence-electron chi connectivity index (χ2n) is 4.60. The Kier molecular flexibility index (Phi) is 4.43. The number of H-pyrrole nitrogens is 1. The molecule has 1 aromatic rings. The molecule has 1 amide bonds. The van der Waals surface area contributed by atoms with Gasteiger partial charge in [0.2, 0.25) is 5.91 Å². The number of anilines is 1. The van der Waals surface area contributed by atoms with Crippen molar-refractivity contribution < 1.29 is 14.7 Å². The third-order valence-electron chi connectivity index (χ3n) is 2.46. The van der Waals surface area contributed by atoms with Gasteiger partial charge in [0.15, 0.2) is 5.82 Å². The molecule has 5 N–H and O–H groups in total. The standard InChI is InChI=1S/C11H18N4O3/c1-5(2)4-7(12)10(16)13-9-8(11(17)18)6(3)14-15-9/h5,7H,4,12H2,1-3H3,(H,17,18)(H2,13,14,15,16)/t7-/m0/s1. The van der Waals surface area contributed by atoms with E-state index in [1.165, 1.54) is 0 Å². The predicted molar refractivity (Wildman–Crippen MR) is 66.3 cm³/mol. The molecule has 0 aliphatic heterocycles. The van der Waals surface area contributed by atoms with E-state index in [0.29, 0.717) is 12.1 Å². The number of amides is 1. The van der Waals surface area contributed by atoms with Crippen LogP contribution in [0, 0.1) is 12.8 Å². The summed E-state index contributed by atoms with van der Waals surface area (Å²) >= 11 is 0. The van der Waals surface area contributed by atoms with Crippen LogP contribution in [0.1, 0.15) is 36.3 Å². The number of aromatic nitrogens is 2. The van der Waals surface area contributed by atoms with E-state index in [2.05, 4.69) is 15.5 Å². The van der Waals surface area contributed by atoms with E-state index in [4.69, 9.17) is 10.8 Å². The Labute approximate surface area is 105 Å². The SMILES string of the molecule is Cc1[nH]nc(NC(=O)[C@@H](N)CC(C)C)c1C(=O)O. The van der Waals surface area contributed by atoms with Crippen molar-refractivity contribution in [2.45, 2.75) is 33.2 Å². The van der Waals surface area contributed by atoms with Gasteiger partial charge in [-0.25, -0.2) is 4.79 Å². The Bertz CT molecular complexity index is 453. The van der Waals surface area contributed by atoms with E-state index in [-0.39, 0.29) is 17.3 Å². The van der Waals surface area contributed by atoms with E-state index < -0.39 is 17.9 Å². The molecule has 0 spiro atoms. The van der Waals surface area contributed by atoms with Crippen LogP contribution in [0.5, 0.6) is 0 Å². The minimum atomic E-state index is -1.14. The summed E-state index contributed by atoms with van der Waals surface area (Å²) in [5.74, 6) is -1.29. The number of carboxylic acid groups (broad SMARTS) is 1. The number of rotatable bonds is 5. The molecule has 7 heteroatoms. The molecule has 1 atom stereocenters. The lowest BCUT2D eigenvalue weighted by Gasteiger charge is -2.13. The maximum atomic E-state index is 11.7. The van der Waals surface area contributed by atoms with Crippen LogP contribution in [0.25, 0.3) is 0 Å². The molecule has 0 saturated carbocycles. The number of aromatic amines is 1. The van der Waals surface area contributed by atoms with E-state index in [1.807, 2.05) is 13.8 Å². The van der Waals surface area contributed by atoms with Gasteiger partial charge in [0.1, 0.15) is 5.56 Å². The van der Waals surface area contributed by atoms with Crippen molar-refractivity contribution in [2.24, 2.45) is 11.7 Å². The highest BCUT2D eigenvalue weighted by molar-refractivity contribution is 6.01. The second kappa shape index (κ2) is 5.63. The fourth-order valence-corrected chi connectivity index (χ4v) is 1.61. The Morgan fingerprint density at radius 3 is 2.61 bits per heavy atom. The lowest BCUT2D eigenvalue weighted by Crippen LogP contribution is -2.37. The fourth-order valence-electron chi connectivity index (χ4n) is 1.61. The Morgan fingerprint density at radius 2 is 2.11 bits per heavy atom. The quantitative estimate of drug-likeness (QED) is 0.617. The zero-order valence-electron chi connectivity index (χ0n) is 10.7. The van der Waals surface area contributed by atoms with Gasteiger partial charge in [-0.15, -0.1) is 0 Å². The molecular weight excluding hydrogens is 236 g/mol. The largest absolute Gasteiger partial charge is 0.477 e. The number of carbonyl (C=O) groups is 2. The predicted octanol–water partition coefficient (Wildman–Crippen LogP) is 0.728. The molecule has 0 saturated heterocycles. The Balaban J connectivity index is 2.79. The number of nitrogens with one attached hydrogen (secondary N) is 2. The molecule has 0 aromatic carbocycles. The van der Waals surface area contributed by atoms with Gasteiger partial charge in [0.25, 0.3) is 0 Å². The van der Waals surface area contributed by atoms with Crippen LogP contribution in [0.15, 0.2) is 0 Å². The summed E-state index contributed by atoms with van der Waals surface area (Å²) in [6.07, 6.45) is 0.525. The van der Waals surface area contributed by atoms with Gasteiger partial charge in [-0.2, -0.15) is 5.10 Å². The summed E-state index contributed by atoms with van der Waals surface area (Å²) in [4.78, 5) is 22.7. The molecule has 18 heavy (non-hydrogen) atoms. The monoisotopic (exact) mass is 254 g/mol. The van der Waals surface area contributed by atoms with Crippen molar-refractivity contribution >= 4 is 17.7 Å². The number of carbonyl (C=O) groups excluding carboxylic acids is 1. The average Bonchev–Trinajstić information content (AvgIpc) is 2.58. The molecule has 1 rings (SSSR count). The second-order valence-corrected chi connectivity index (χ2v) is 4.60. The molecule has 0 fully saturated rings. The third kappa shape index (κ3) is 3.30. The molecule has 100 valence electrons. The summed E-state index contributed by atoms with van der Waals surface area (Å²) in [6, 6.07) is -0.677. The van der Waals surface area contributed by atoms with Gasteiger partial charge in [-0.3, -0.25) is 9.89 Å². The topological polar surface area (TPSA) is 121 Å². The smallest absolute Gasteiger partial charge is 0.341 e. The van der Waals surface area contributed by atoms with Gasteiger partial charge >= 0.3 is 5.97 Å². The van der Waals surface area contributed by atoms with E-state index >= 15 is 0 Å². The molecule has 0 aliphatic carbocycles. The first-order chi connectivity index (χ1) is 8.32. The highest BCUT2D eigenvalue weighted by Gasteiger charge is 2.22. The first-order valence-electron chi connectivity index (χ1n) is 5.67. The van der Waals surface area contributed by atoms with Crippen LogP contribution in [0.4, 0.5) is 5.82 Å². The van der Waals surface area contributed by atoms with E-state index in [9.17, 15) is 9.59 Å². The molecule has 0 unspecified atom stereocenters. The third-order valence-corrected chi connectivity index (χ3v) is 2.46. The number of carboxylic acids is 1. The van der Waals surface area contributed by atoms with Crippen LogP contribution >= 0.6 is 0 Å². The molecule has 1 heterocycles. The Hall–Kier alpha value is -1.89. The highest BCUT2D eigenvalue weighted by Crippen LogP contribution is 2.16. The van der Waals surface area contributed by atoms with Crippen molar-refractivity contribution in [1.29, 1.82) is 0 Å². The minimum absolute atomic E-state index is 0.00389. The summed E-state index contributed by atoms with van der Waals surface area (Å²) in [5.41, 5.74) is 6.04. The number of nitrogens with two attached hydrogens (primary N) is 1. The number of nitrogens with zero attached hydrogens (tertiary/aromatic N) is 1. The number of hydrogen-bond donors (Lipinski definition) is 4. The zero-order valence-corrected chi connectivity index (χ0v) is 10.7. The van der Waals surface area contributed by atoms with Crippen molar-refractivity contribution in [3.8, 4) is 0 Å². The molecule has 1 aromatic heterocycles. The van der Waals surface area contributed by atoms with Crippen molar-refractivity contribution in [1.82, 2.24) is 10.2 Å². The number of aromatic carboxylic acids is 1. The Morgan fingerprint density at radius 1 is 1.50 bits per heavy atom. The van der Waals surface area contributed by atoms with Gasteiger partial charge in [-0.1, -0.05) is 13.8 Å². The number of aryl methyl sites for hydroxylation is 1. The molecule has 0 bridgehead atoms. The minimum Gasteiger partial charge on any atom is -0.477 e. The van der Waals surface area contributed by atoms with E-state index in [0.717, 1.165) is 0 Å². The van der Waals surface area contributed by atoms with Crippen LogP contribution in [0.2, 0.25) is 0 Å². The van der Waals surface area contributed by atoms with Gasteiger partial charge < -0.3 is 16.2 Å². The number of hydrogen-bond acceptors (Lipinski definition) is 4. The maximum absolute atomic E-state index is 11.7.